The summed E-state index contributed by atoms with van der Waals surface area (Å²) in [6.45, 7) is 4.54. The van der Waals surface area contributed by atoms with E-state index in [-0.39, 0.29) is 6.04 Å². The molecule has 0 aliphatic carbocycles. The Morgan fingerprint density at radius 1 is 1.19 bits per heavy atom. The fourth-order valence-corrected chi connectivity index (χ4v) is 2.10. The summed E-state index contributed by atoms with van der Waals surface area (Å²) in [5.74, 6) is 0. The van der Waals surface area contributed by atoms with Gasteiger partial charge in [0, 0.05) is 18.6 Å². The molecule has 0 radical (unpaired) electrons. The summed E-state index contributed by atoms with van der Waals surface area (Å²) in [6.07, 6.45) is -0.112. The van der Waals surface area contributed by atoms with E-state index >= 15 is 0 Å². The first-order chi connectivity index (χ1) is 9.93. The van der Waals surface area contributed by atoms with Gasteiger partial charge in [0.2, 0.25) is 0 Å². The standard InChI is InChI=1S/C15H16F3N3/c1-3-20-14(12-9-19-7-6-10(12)2)13-5-4-11(8-21-13)15(16,17)18/h4-9,14,20H,3H2,1-2H3. The largest absolute Gasteiger partial charge is 0.417 e. The van der Waals surface area contributed by atoms with Crippen molar-refractivity contribution in [2.24, 2.45) is 0 Å². The number of alkyl halides is 3. The number of hydrogen-bond donors (Lipinski definition) is 1. The normalized spacial score (nSPS) is 13.2. The summed E-state index contributed by atoms with van der Waals surface area (Å²) < 4.78 is 37.8. The molecule has 0 aliphatic heterocycles. The molecular weight excluding hydrogens is 279 g/mol. The third kappa shape index (κ3) is 3.58. The summed E-state index contributed by atoms with van der Waals surface area (Å²) >= 11 is 0. The molecular formula is C15H16F3N3. The van der Waals surface area contributed by atoms with Crippen LogP contribution in [-0.4, -0.2) is 16.5 Å². The minimum atomic E-state index is -4.37. The maximum absolute atomic E-state index is 12.6. The lowest BCUT2D eigenvalue weighted by Crippen LogP contribution is -2.24. The Balaban J connectivity index is 2.37. The molecule has 1 unspecified atom stereocenters. The summed E-state index contributed by atoms with van der Waals surface area (Å²) in [6, 6.07) is 4.05. The minimum Gasteiger partial charge on any atom is -0.305 e. The van der Waals surface area contributed by atoms with Gasteiger partial charge in [0.25, 0.3) is 0 Å². The number of nitrogens with one attached hydrogen (secondary N) is 1. The SMILES string of the molecule is CCNC(c1ccc(C(F)(F)F)cn1)c1cnccc1C. The predicted octanol–water partition coefficient (Wildman–Crippen LogP) is 3.50. The number of hydrogen-bond acceptors (Lipinski definition) is 3. The first-order valence-corrected chi connectivity index (χ1v) is 6.60. The summed E-state index contributed by atoms with van der Waals surface area (Å²) in [5.41, 5.74) is 1.72. The highest BCUT2D eigenvalue weighted by Crippen LogP contribution is 2.30. The molecule has 2 rings (SSSR count). The molecule has 2 heterocycles. The molecule has 0 bridgehead atoms. The highest BCUT2D eigenvalue weighted by molar-refractivity contribution is 5.32. The molecule has 0 amide bonds. The second-order valence-electron chi connectivity index (χ2n) is 4.69. The van der Waals surface area contributed by atoms with Crippen molar-refractivity contribution in [3.05, 3.63) is 59.2 Å². The Morgan fingerprint density at radius 2 is 1.95 bits per heavy atom. The Kier molecular flexibility index (Phi) is 4.57. The van der Waals surface area contributed by atoms with Crippen LogP contribution < -0.4 is 5.32 Å². The van der Waals surface area contributed by atoms with Gasteiger partial charge >= 0.3 is 6.18 Å². The zero-order valence-electron chi connectivity index (χ0n) is 11.8. The maximum atomic E-state index is 12.6. The van der Waals surface area contributed by atoms with Crippen LogP contribution in [0.4, 0.5) is 13.2 Å². The van der Waals surface area contributed by atoms with E-state index in [1.54, 1.807) is 12.4 Å². The van der Waals surface area contributed by atoms with Crippen LogP contribution in [0.5, 0.6) is 0 Å². The average molecular weight is 295 g/mol. The molecule has 0 saturated heterocycles. The maximum Gasteiger partial charge on any atom is 0.417 e. The molecule has 0 aliphatic rings. The number of pyridine rings is 2. The zero-order valence-corrected chi connectivity index (χ0v) is 11.8. The van der Waals surface area contributed by atoms with Crippen LogP contribution in [0.25, 0.3) is 0 Å². The summed E-state index contributed by atoms with van der Waals surface area (Å²) in [4.78, 5) is 8.05. The molecule has 0 aromatic carbocycles. The lowest BCUT2D eigenvalue weighted by atomic mass is 10.00. The van der Waals surface area contributed by atoms with Gasteiger partial charge in [-0.2, -0.15) is 13.2 Å². The molecule has 2 aromatic heterocycles. The van der Waals surface area contributed by atoms with E-state index in [4.69, 9.17) is 0 Å². The van der Waals surface area contributed by atoms with Gasteiger partial charge in [-0.3, -0.25) is 9.97 Å². The van der Waals surface area contributed by atoms with E-state index in [2.05, 4.69) is 15.3 Å². The van der Waals surface area contributed by atoms with Crippen LogP contribution in [0.2, 0.25) is 0 Å². The highest BCUT2D eigenvalue weighted by Gasteiger charge is 2.31. The molecule has 3 nitrogen and oxygen atoms in total. The second kappa shape index (κ2) is 6.22. The Morgan fingerprint density at radius 3 is 2.48 bits per heavy atom. The van der Waals surface area contributed by atoms with Gasteiger partial charge in [-0.1, -0.05) is 6.92 Å². The van der Waals surface area contributed by atoms with E-state index in [0.29, 0.717) is 12.2 Å². The van der Waals surface area contributed by atoms with Crippen molar-refractivity contribution in [2.75, 3.05) is 6.54 Å². The van der Waals surface area contributed by atoms with Crippen LogP contribution >= 0.6 is 0 Å². The Hall–Kier alpha value is -1.95. The van der Waals surface area contributed by atoms with E-state index in [0.717, 1.165) is 23.4 Å². The number of nitrogens with zero attached hydrogens (tertiary/aromatic N) is 2. The molecule has 2 aromatic rings. The number of aryl methyl sites for hydroxylation is 1. The van der Waals surface area contributed by atoms with E-state index in [1.807, 2.05) is 19.9 Å². The van der Waals surface area contributed by atoms with Gasteiger partial charge in [-0.25, -0.2) is 0 Å². The smallest absolute Gasteiger partial charge is 0.305 e. The second-order valence-corrected chi connectivity index (χ2v) is 4.69. The predicted molar refractivity (Wildman–Crippen MR) is 73.7 cm³/mol. The summed E-state index contributed by atoms with van der Waals surface area (Å²) in [5, 5.41) is 3.23. The molecule has 21 heavy (non-hydrogen) atoms. The van der Waals surface area contributed by atoms with Crippen LogP contribution in [0.3, 0.4) is 0 Å². The van der Waals surface area contributed by atoms with E-state index < -0.39 is 11.7 Å². The lowest BCUT2D eigenvalue weighted by Gasteiger charge is -2.20. The summed E-state index contributed by atoms with van der Waals surface area (Å²) in [7, 11) is 0. The van der Waals surface area contributed by atoms with Crippen molar-refractivity contribution in [3.63, 3.8) is 0 Å². The average Bonchev–Trinajstić information content (AvgIpc) is 2.45. The Labute approximate surface area is 121 Å². The third-order valence-electron chi connectivity index (χ3n) is 3.21. The quantitative estimate of drug-likeness (QED) is 0.938. The van der Waals surface area contributed by atoms with Crippen molar-refractivity contribution >= 4 is 0 Å². The van der Waals surface area contributed by atoms with Gasteiger partial charge < -0.3 is 5.32 Å². The molecule has 0 spiro atoms. The fourth-order valence-electron chi connectivity index (χ4n) is 2.10. The molecule has 1 atom stereocenters. The molecule has 112 valence electrons. The van der Waals surface area contributed by atoms with Gasteiger partial charge in [-0.05, 0) is 42.8 Å². The van der Waals surface area contributed by atoms with Gasteiger partial charge in [0.15, 0.2) is 0 Å². The van der Waals surface area contributed by atoms with Crippen molar-refractivity contribution in [1.29, 1.82) is 0 Å². The molecule has 6 heteroatoms. The first kappa shape index (κ1) is 15.4. The number of rotatable bonds is 4. The zero-order chi connectivity index (χ0) is 15.5. The van der Waals surface area contributed by atoms with Crippen molar-refractivity contribution < 1.29 is 13.2 Å². The van der Waals surface area contributed by atoms with Gasteiger partial charge in [0.1, 0.15) is 0 Å². The molecule has 0 fully saturated rings. The van der Waals surface area contributed by atoms with Gasteiger partial charge in [0.05, 0.1) is 17.3 Å². The number of halogens is 3. The monoisotopic (exact) mass is 295 g/mol. The topological polar surface area (TPSA) is 37.8 Å². The van der Waals surface area contributed by atoms with Gasteiger partial charge in [-0.15, -0.1) is 0 Å². The van der Waals surface area contributed by atoms with Crippen LogP contribution in [0.1, 0.15) is 35.3 Å². The lowest BCUT2D eigenvalue weighted by molar-refractivity contribution is -0.137. The van der Waals surface area contributed by atoms with E-state index in [9.17, 15) is 13.2 Å². The van der Waals surface area contributed by atoms with Crippen LogP contribution in [0, 0.1) is 6.92 Å². The fraction of sp³-hybridized carbons (Fsp3) is 0.333. The van der Waals surface area contributed by atoms with E-state index in [1.165, 1.54) is 6.07 Å². The van der Waals surface area contributed by atoms with Crippen LogP contribution in [0.15, 0.2) is 36.8 Å². The minimum absolute atomic E-state index is 0.272. The highest BCUT2D eigenvalue weighted by atomic mass is 19.4. The van der Waals surface area contributed by atoms with Crippen molar-refractivity contribution in [1.82, 2.24) is 15.3 Å². The third-order valence-corrected chi connectivity index (χ3v) is 3.21. The molecule has 0 saturated carbocycles. The molecule has 1 N–H and O–H groups in total. The first-order valence-electron chi connectivity index (χ1n) is 6.60. The number of aromatic nitrogens is 2. The Bertz CT molecular complexity index is 594. The van der Waals surface area contributed by atoms with Crippen LogP contribution in [-0.2, 0) is 6.18 Å². The van der Waals surface area contributed by atoms with Crippen molar-refractivity contribution in [2.45, 2.75) is 26.1 Å². The van der Waals surface area contributed by atoms with Crippen molar-refractivity contribution in [3.8, 4) is 0 Å².